The van der Waals surface area contributed by atoms with Gasteiger partial charge in [-0.1, -0.05) is 12.1 Å². The zero-order chi connectivity index (χ0) is 13.9. The van der Waals surface area contributed by atoms with Crippen LogP contribution in [0.2, 0.25) is 0 Å². The number of aromatic nitrogens is 2. The standard InChI is InChI=1S/C12H12N4O2S/c1-16(9-10-7-14-15-8-10)19(17,18)12-5-3-2-4-11(12)6-13/h2-5,7-8H,9H2,1H3,(H,14,15). The predicted octanol–water partition coefficient (Wildman–Crippen LogP) is 1.10. The first kappa shape index (κ1) is 13.3. The molecule has 2 rings (SSSR count). The monoisotopic (exact) mass is 276 g/mol. The minimum absolute atomic E-state index is 0.0171. The second-order valence-corrected chi connectivity index (χ2v) is 5.99. The first-order valence-electron chi connectivity index (χ1n) is 5.49. The maximum absolute atomic E-state index is 12.4. The molecule has 1 N–H and O–H groups in total. The summed E-state index contributed by atoms with van der Waals surface area (Å²) >= 11 is 0. The lowest BCUT2D eigenvalue weighted by Crippen LogP contribution is -2.27. The lowest BCUT2D eigenvalue weighted by molar-refractivity contribution is 0.466. The Labute approximate surface area is 111 Å². The number of hydrogen-bond acceptors (Lipinski definition) is 4. The van der Waals surface area contributed by atoms with Crippen molar-refractivity contribution in [3.63, 3.8) is 0 Å². The molecular formula is C12H12N4O2S. The average Bonchev–Trinajstić information content (AvgIpc) is 2.91. The van der Waals surface area contributed by atoms with E-state index >= 15 is 0 Å². The van der Waals surface area contributed by atoms with E-state index in [0.717, 1.165) is 5.56 Å². The Morgan fingerprint density at radius 2 is 2.16 bits per heavy atom. The summed E-state index contributed by atoms with van der Waals surface area (Å²) in [5, 5.41) is 15.4. The van der Waals surface area contributed by atoms with Crippen LogP contribution < -0.4 is 0 Å². The molecular weight excluding hydrogens is 264 g/mol. The van der Waals surface area contributed by atoms with E-state index in [4.69, 9.17) is 5.26 Å². The van der Waals surface area contributed by atoms with Gasteiger partial charge in [-0.2, -0.15) is 14.7 Å². The molecule has 0 atom stereocenters. The molecule has 0 saturated carbocycles. The van der Waals surface area contributed by atoms with Crippen LogP contribution >= 0.6 is 0 Å². The van der Waals surface area contributed by atoms with Crippen molar-refractivity contribution in [2.24, 2.45) is 0 Å². The minimum Gasteiger partial charge on any atom is -0.285 e. The second-order valence-electron chi connectivity index (χ2n) is 3.98. The molecule has 0 amide bonds. The number of nitrogens with zero attached hydrogens (tertiary/aromatic N) is 3. The smallest absolute Gasteiger partial charge is 0.244 e. The Morgan fingerprint density at radius 3 is 2.79 bits per heavy atom. The summed E-state index contributed by atoms with van der Waals surface area (Å²) in [5.74, 6) is 0. The summed E-state index contributed by atoms with van der Waals surface area (Å²) in [5.41, 5.74) is 0.891. The third-order valence-corrected chi connectivity index (χ3v) is 4.52. The van der Waals surface area contributed by atoms with Crippen molar-refractivity contribution in [2.75, 3.05) is 7.05 Å². The van der Waals surface area contributed by atoms with Crippen molar-refractivity contribution >= 4 is 10.0 Å². The van der Waals surface area contributed by atoms with Crippen LogP contribution in [0.3, 0.4) is 0 Å². The van der Waals surface area contributed by atoms with Crippen LogP contribution in [0.5, 0.6) is 0 Å². The summed E-state index contributed by atoms with van der Waals surface area (Å²) in [4.78, 5) is 0.0171. The number of aromatic amines is 1. The fraction of sp³-hybridized carbons (Fsp3) is 0.167. The van der Waals surface area contributed by atoms with Crippen LogP contribution in [0.25, 0.3) is 0 Å². The highest BCUT2D eigenvalue weighted by molar-refractivity contribution is 7.89. The zero-order valence-corrected chi connectivity index (χ0v) is 11.1. The van der Waals surface area contributed by atoms with Crippen LogP contribution in [0.15, 0.2) is 41.6 Å². The Bertz CT molecular complexity index is 702. The SMILES string of the molecule is CN(Cc1cn[nH]c1)S(=O)(=O)c1ccccc1C#N. The lowest BCUT2D eigenvalue weighted by Gasteiger charge is -2.16. The molecule has 6 nitrogen and oxygen atoms in total. The van der Waals surface area contributed by atoms with Crippen LogP contribution in [-0.2, 0) is 16.6 Å². The number of H-pyrrole nitrogens is 1. The van der Waals surface area contributed by atoms with Gasteiger partial charge in [-0.15, -0.1) is 0 Å². The largest absolute Gasteiger partial charge is 0.285 e. The van der Waals surface area contributed by atoms with Gasteiger partial charge in [0.15, 0.2) is 0 Å². The van der Waals surface area contributed by atoms with Gasteiger partial charge in [-0.05, 0) is 12.1 Å². The molecule has 2 aromatic rings. The molecule has 0 aliphatic rings. The van der Waals surface area contributed by atoms with Gasteiger partial charge in [0.1, 0.15) is 6.07 Å². The number of rotatable bonds is 4. The number of sulfonamides is 1. The second kappa shape index (κ2) is 5.22. The molecule has 0 unspecified atom stereocenters. The average molecular weight is 276 g/mol. The topological polar surface area (TPSA) is 89.8 Å². The van der Waals surface area contributed by atoms with Crippen LogP contribution in [0.1, 0.15) is 11.1 Å². The maximum Gasteiger partial charge on any atom is 0.244 e. The van der Waals surface area contributed by atoms with Crippen LogP contribution in [-0.4, -0.2) is 30.0 Å². The van der Waals surface area contributed by atoms with Crippen molar-refractivity contribution in [1.82, 2.24) is 14.5 Å². The van der Waals surface area contributed by atoms with E-state index in [9.17, 15) is 8.42 Å². The number of nitriles is 1. The van der Waals surface area contributed by atoms with Gasteiger partial charge < -0.3 is 0 Å². The maximum atomic E-state index is 12.4. The molecule has 0 radical (unpaired) electrons. The van der Waals surface area contributed by atoms with E-state index in [2.05, 4.69) is 10.2 Å². The fourth-order valence-corrected chi connectivity index (χ4v) is 2.95. The number of hydrogen-bond donors (Lipinski definition) is 1. The summed E-state index contributed by atoms with van der Waals surface area (Å²) < 4.78 is 26.0. The van der Waals surface area contributed by atoms with E-state index in [1.54, 1.807) is 24.5 Å². The molecule has 0 aliphatic heterocycles. The first-order valence-corrected chi connectivity index (χ1v) is 6.93. The quantitative estimate of drug-likeness (QED) is 0.905. The Morgan fingerprint density at radius 1 is 1.42 bits per heavy atom. The molecule has 0 fully saturated rings. The van der Waals surface area contributed by atoms with Gasteiger partial charge in [-0.25, -0.2) is 8.42 Å². The third kappa shape index (κ3) is 2.65. The lowest BCUT2D eigenvalue weighted by atomic mass is 10.2. The Kier molecular flexibility index (Phi) is 3.64. The van der Waals surface area contributed by atoms with Crippen molar-refractivity contribution in [2.45, 2.75) is 11.4 Å². The van der Waals surface area contributed by atoms with Gasteiger partial charge in [0.05, 0.1) is 16.7 Å². The Hall–Kier alpha value is -2.17. The van der Waals surface area contributed by atoms with Gasteiger partial charge >= 0.3 is 0 Å². The fourth-order valence-electron chi connectivity index (χ4n) is 1.66. The molecule has 1 aromatic carbocycles. The predicted molar refractivity (Wildman–Crippen MR) is 68.4 cm³/mol. The van der Waals surface area contributed by atoms with E-state index in [1.807, 2.05) is 6.07 Å². The molecule has 1 heterocycles. The molecule has 0 aliphatic carbocycles. The van der Waals surface area contributed by atoms with Gasteiger partial charge in [-0.3, -0.25) is 5.10 Å². The van der Waals surface area contributed by atoms with Crippen molar-refractivity contribution in [3.05, 3.63) is 47.8 Å². The molecule has 19 heavy (non-hydrogen) atoms. The van der Waals surface area contributed by atoms with Crippen LogP contribution in [0.4, 0.5) is 0 Å². The van der Waals surface area contributed by atoms with E-state index in [0.29, 0.717) is 0 Å². The zero-order valence-electron chi connectivity index (χ0n) is 10.2. The first-order chi connectivity index (χ1) is 9.05. The highest BCUT2D eigenvalue weighted by atomic mass is 32.2. The highest BCUT2D eigenvalue weighted by Crippen LogP contribution is 2.19. The Balaban J connectivity index is 2.34. The summed E-state index contributed by atoms with van der Waals surface area (Å²) in [7, 11) is -2.22. The normalized spacial score (nSPS) is 11.4. The molecule has 0 bridgehead atoms. The molecule has 1 aromatic heterocycles. The van der Waals surface area contributed by atoms with Crippen molar-refractivity contribution in [3.8, 4) is 6.07 Å². The van der Waals surface area contributed by atoms with E-state index in [-0.39, 0.29) is 17.0 Å². The minimum atomic E-state index is -3.69. The summed E-state index contributed by atoms with van der Waals surface area (Å²) in [6, 6.07) is 8.04. The third-order valence-electron chi connectivity index (χ3n) is 2.66. The van der Waals surface area contributed by atoms with Gasteiger partial charge in [0.25, 0.3) is 0 Å². The van der Waals surface area contributed by atoms with Crippen molar-refractivity contribution < 1.29 is 8.42 Å². The molecule has 98 valence electrons. The molecule has 7 heteroatoms. The van der Waals surface area contributed by atoms with Gasteiger partial charge in [0.2, 0.25) is 10.0 Å². The molecule has 0 saturated heterocycles. The summed E-state index contributed by atoms with van der Waals surface area (Å²) in [6.45, 7) is 0.193. The highest BCUT2D eigenvalue weighted by Gasteiger charge is 2.23. The van der Waals surface area contributed by atoms with E-state index < -0.39 is 10.0 Å². The molecule has 0 spiro atoms. The van der Waals surface area contributed by atoms with Crippen molar-refractivity contribution in [1.29, 1.82) is 5.26 Å². The van der Waals surface area contributed by atoms with E-state index in [1.165, 1.54) is 23.5 Å². The summed E-state index contributed by atoms with van der Waals surface area (Å²) in [6.07, 6.45) is 3.18. The van der Waals surface area contributed by atoms with Gasteiger partial charge in [0, 0.05) is 25.4 Å². The number of nitrogens with one attached hydrogen (secondary N) is 1. The van der Waals surface area contributed by atoms with Crippen LogP contribution in [0, 0.1) is 11.3 Å². The number of benzene rings is 1.